The summed E-state index contributed by atoms with van der Waals surface area (Å²) in [4.78, 5) is 27.0. The number of benzene rings is 2. The van der Waals surface area contributed by atoms with E-state index in [1.165, 1.54) is 18.3 Å². The lowest BCUT2D eigenvalue weighted by Crippen LogP contribution is -2.50. The summed E-state index contributed by atoms with van der Waals surface area (Å²) >= 11 is 0. The van der Waals surface area contributed by atoms with Crippen LogP contribution in [0.1, 0.15) is 35.2 Å². The average molecular weight is 441 g/mol. The predicted molar refractivity (Wildman–Crippen MR) is 121 cm³/mol. The molecule has 2 N–H and O–H groups in total. The number of morpholine rings is 1. The average Bonchev–Trinajstić information content (AvgIpc) is 2.82. The SMILES string of the molecule is O=C(NCCCCC(C(=O)NN=Cc1cccc(F)c1)N1CCOCC1)c1ccccc1. The second kappa shape index (κ2) is 12.7. The van der Waals surface area contributed by atoms with Crippen LogP contribution in [0.2, 0.25) is 0 Å². The maximum atomic E-state index is 13.3. The molecule has 2 aromatic rings. The Hall–Kier alpha value is -3.10. The minimum Gasteiger partial charge on any atom is -0.379 e. The maximum Gasteiger partial charge on any atom is 0.257 e. The van der Waals surface area contributed by atoms with Crippen molar-refractivity contribution in [3.8, 4) is 0 Å². The van der Waals surface area contributed by atoms with E-state index in [-0.39, 0.29) is 23.7 Å². The van der Waals surface area contributed by atoms with Gasteiger partial charge in [-0.3, -0.25) is 14.5 Å². The highest BCUT2D eigenvalue weighted by atomic mass is 19.1. The predicted octanol–water partition coefficient (Wildman–Crippen LogP) is 2.58. The fourth-order valence-electron chi connectivity index (χ4n) is 3.56. The van der Waals surface area contributed by atoms with Crippen molar-refractivity contribution in [3.63, 3.8) is 0 Å². The van der Waals surface area contributed by atoms with Gasteiger partial charge >= 0.3 is 0 Å². The highest BCUT2D eigenvalue weighted by molar-refractivity contribution is 5.94. The first-order valence-electron chi connectivity index (χ1n) is 10.9. The summed E-state index contributed by atoms with van der Waals surface area (Å²) < 4.78 is 18.7. The normalized spacial score (nSPS) is 15.4. The van der Waals surface area contributed by atoms with Crippen LogP contribution in [0.25, 0.3) is 0 Å². The molecular weight excluding hydrogens is 411 g/mol. The summed E-state index contributed by atoms with van der Waals surface area (Å²) in [6.45, 7) is 3.07. The van der Waals surface area contributed by atoms with Gasteiger partial charge in [-0.1, -0.05) is 30.3 Å². The second-order valence-corrected chi connectivity index (χ2v) is 7.57. The zero-order valence-corrected chi connectivity index (χ0v) is 18.0. The van der Waals surface area contributed by atoms with Crippen molar-refractivity contribution in [3.05, 3.63) is 71.5 Å². The topological polar surface area (TPSA) is 83.0 Å². The van der Waals surface area contributed by atoms with Gasteiger partial charge < -0.3 is 10.1 Å². The van der Waals surface area contributed by atoms with E-state index < -0.39 is 0 Å². The van der Waals surface area contributed by atoms with Gasteiger partial charge in [0.05, 0.1) is 25.5 Å². The molecule has 1 saturated heterocycles. The van der Waals surface area contributed by atoms with Gasteiger partial charge in [0.1, 0.15) is 5.82 Å². The van der Waals surface area contributed by atoms with E-state index in [2.05, 4.69) is 20.7 Å². The van der Waals surface area contributed by atoms with Crippen LogP contribution in [-0.4, -0.2) is 61.8 Å². The Bertz CT molecular complexity index is 901. The van der Waals surface area contributed by atoms with Crippen LogP contribution < -0.4 is 10.7 Å². The molecule has 2 amide bonds. The number of hydrogen-bond donors (Lipinski definition) is 2. The van der Waals surface area contributed by atoms with Gasteiger partial charge in [0.2, 0.25) is 0 Å². The molecule has 0 saturated carbocycles. The van der Waals surface area contributed by atoms with Crippen LogP contribution in [0.3, 0.4) is 0 Å². The maximum absolute atomic E-state index is 13.3. The zero-order chi connectivity index (χ0) is 22.6. The number of carbonyl (C=O) groups excluding carboxylic acids is 2. The number of hydrazone groups is 1. The molecule has 0 spiro atoms. The van der Waals surface area contributed by atoms with Gasteiger partial charge in [0.25, 0.3) is 11.8 Å². The Labute approximate surface area is 187 Å². The molecule has 1 atom stereocenters. The number of rotatable bonds is 10. The van der Waals surface area contributed by atoms with Crippen LogP contribution in [0, 0.1) is 5.82 Å². The number of ether oxygens (including phenoxy) is 1. The Morgan fingerprint density at radius 1 is 1.09 bits per heavy atom. The highest BCUT2D eigenvalue weighted by Gasteiger charge is 2.26. The lowest BCUT2D eigenvalue weighted by Gasteiger charge is -2.33. The number of nitrogens with one attached hydrogen (secondary N) is 2. The largest absolute Gasteiger partial charge is 0.379 e. The number of hydrogen-bond acceptors (Lipinski definition) is 5. The molecule has 0 radical (unpaired) electrons. The van der Waals surface area contributed by atoms with E-state index in [1.54, 1.807) is 24.3 Å². The smallest absolute Gasteiger partial charge is 0.257 e. The molecule has 1 aliphatic heterocycles. The summed E-state index contributed by atoms with van der Waals surface area (Å²) in [6, 6.07) is 14.7. The Morgan fingerprint density at radius 2 is 1.88 bits per heavy atom. The van der Waals surface area contributed by atoms with E-state index in [0.717, 1.165) is 12.8 Å². The molecule has 0 aliphatic carbocycles. The van der Waals surface area contributed by atoms with Gasteiger partial charge in [-0.2, -0.15) is 5.10 Å². The first-order chi connectivity index (χ1) is 15.6. The van der Waals surface area contributed by atoms with Crippen molar-refractivity contribution >= 4 is 18.0 Å². The molecule has 1 heterocycles. The van der Waals surface area contributed by atoms with Crippen molar-refractivity contribution < 1.29 is 18.7 Å². The molecule has 170 valence electrons. The van der Waals surface area contributed by atoms with E-state index in [4.69, 9.17) is 4.74 Å². The molecule has 1 aliphatic rings. The first kappa shape index (κ1) is 23.6. The molecule has 1 fully saturated rings. The lowest BCUT2D eigenvalue weighted by molar-refractivity contribution is -0.128. The van der Waals surface area contributed by atoms with E-state index in [1.807, 2.05) is 18.2 Å². The molecule has 2 aromatic carbocycles. The van der Waals surface area contributed by atoms with Crippen molar-refractivity contribution in [2.24, 2.45) is 5.10 Å². The third-order valence-corrected chi connectivity index (χ3v) is 5.25. The summed E-state index contributed by atoms with van der Waals surface area (Å²) in [5, 5.41) is 6.90. The summed E-state index contributed by atoms with van der Waals surface area (Å²) in [6.07, 6.45) is 3.61. The van der Waals surface area contributed by atoms with E-state index in [9.17, 15) is 14.0 Å². The Balaban J connectivity index is 1.47. The molecule has 8 heteroatoms. The third-order valence-electron chi connectivity index (χ3n) is 5.25. The molecule has 32 heavy (non-hydrogen) atoms. The summed E-state index contributed by atoms with van der Waals surface area (Å²) in [5.74, 6) is -0.654. The van der Waals surface area contributed by atoms with Crippen molar-refractivity contribution in [1.82, 2.24) is 15.6 Å². The van der Waals surface area contributed by atoms with Gasteiger partial charge in [0, 0.05) is 25.2 Å². The fourth-order valence-corrected chi connectivity index (χ4v) is 3.56. The van der Waals surface area contributed by atoms with Crippen LogP contribution in [0.15, 0.2) is 59.7 Å². The molecule has 7 nitrogen and oxygen atoms in total. The van der Waals surface area contributed by atoms with E-state index >= 15 is 0 Å². The summed E-state index contributed by atoms with van der Waals surface area (Å²) in [5.41, 5.74) is 3.79. The van der Waals surface area contributed by atoms with Crippen molar-refractivity contribution in [2.45, 2.75) is 25.3 Å². The number of nitrogens with zero attached hydrogens (tertiary/aromatic N) is 2. The van der Waals surface area contributed by atoms with E-state index in [0.29, 0.717) is 50.4 Å². The van der Waals surface area contributed by atoms with Crippen LogP contribution in [-0.2, 0) is 9.53 Å². The zero-order valence-electron chi connectivity index (χ0n) is 18.0. The minimum absolute atomic E-state index is 0.0974. The molecular formula is C24H29FN4O3. The van der Waals surface area contributed by atoms with Crippen LogP contribution >= 0.6 is 0 Å². The summed E-state index contributed by atoms with van der Waals surface area (Å²) in [7, 11) is 0. The monoisotopic (exact) mass is 440 g/mol. The van der Waals surface area contributed by atoms with Crippen LogP contribution in [0.5, 0.6) is 0 Å². The number of amides is 2. The number of unbranched alkanes of at least 4 members (excludes halogenated alkanes) is 1. The second-order valence-electron chi connectivity index (χ2n) is 7.57. The van der Waals surface area contributed by atoms with Gasteiger partial charge in [-0.05, 0) is 49.1 Å². The lowest BCUT2D eigenvalue weighted by atomic mass is 10.1. The first-order valence-corrected chi connectivity index (χ1v) is 10.9. The van der Waals surface area contributed by atoms with Gasteiger partial charge in [0.15, 0.2) is 0 Å². The molecule has 0 aromatic heterocycles. The quantitative estimate of drug-likeness (QED) is 0.338. The van der Waals surface area contributed by atoms with Crippen LogP contribution in [0.4, 0.5) is 4.39 Å². The van der Waals surface area contributed by atoms with Gasteiger partial charge in [-0.15, -0.1) is 0 Å². The Kier molecular flexibility index (Phi) is 9.34. The standard InChI is InChI=1S/C24H29FN4O3/c25-21-10-6-7-19(17-21)18-27-28-24(31)22(29-13-15-32-16-14-29)11-4-5-12-26-23(30)20-8-2-1-3-9-20/h1-3,6-10,17-18,22H,4-5,11-16H2,(H,26,30)(H,28,31). The molecule has 0 bridgehead atoms. The van der Waals surface area contributed by atoms with Crippen molar-refractivity contribution in [2.75, 3.05) is 32.8 Å². The fraction of sp³-hybridized carbons (Fsp3) is 0.375. The van der Waals surface area contributed by atoms with Crippen molar-refractivity contribution in [1.29, 1.82) is 0 Å². The molecule has 1 unspecified atom stereocenters. The van der Waals surface area contributed by atoms with Gasteiger partial charge in [-0.25, -0.2) is 9.82 Å². The molecule has 3 rings (SSSR count). The number of carbonyl (C=O) groups is 2. The minimum atomic E-state index is -0.356. The Morgan fingerprint density at radius 3 is 2.62 bits per heavy atom. The number of halogens is 1. The highest BCUT2D eigenvalue weighted by Crippen LogP contribution is 2.12. The third kappa shape index (κ3) is 7.55.